The summed E-state index contributed by atoms with van der Waals surface area (Å²) in [4.78, 5) is 3.96. The molecule has 0 amide bonds. The van der Waals surface area contributed by atoms with Crippen LogP contribution in [-0.2, 0) is 0 Å². The van der Waals surface area contributed by atoms with Crippen molar-refractivity contribution < 1.29 is 8.78 Å². The quantitative estimate of drug-likeness (QED) is 0.661. The first-order valence-electron chi connectivity index (χ1n) is 5.87. The van der Waals surface area contributed by atoms with Crippen LogP contribution in [0.1, 0.15) is 28.3 Å². The number of hydrogen-bond donors (Lipinski definition) is 2. The summed E-state index contributed by atoms with van der Waals surface area (Å²) in [5, 5.41) is 0. The standard InChI is InChI=1S/C14H15F2N3/c1-8-3-4-11(15)12(13(8)16)14(19-17)10-5-6-18-7-9(10)2/h3-7,14,19H,17H2,1-2H3. The molecule has 2 rings (SSSR count). The number of aryl methyl sites for hydroxylation is 2. The van der Waals surface area contributed by atoms with Crippen molar-refractivity contribution in [2.75, 3.05) is 0 Å². The van der Waals surface area contributed by atoms with Crippen molar-refractivity contribution in [2.45, 2.75) is 19.9 Å². The van der Waals surface area contributed by atoms with Gasteiger partial charge >= 0.3 is 0 Å². The summed E-state index contributed by atoms with van der Waals surface area (Å²) in [6, 6.07) is 3.60. The van der Waals surface area contributed by atoms with Gasteiger partial charge in [0.15, 0.2) is 0 Å². The average molecular weight is 263 g/mol. The molecule has 0 aliphatic heterocycles. The number of rotatable bonds is 3. The van der Waals surface area contributed by atoms with E-state index in [-0.39, 0.29) is 5.56 Å². The first kappa shape index (κ1) is 13.6. The topological polar surface area (TPSA) is 50.9 Å². The minimum absolute atomic E-state index is 0.0724. The summed E-state index contributed by atoms with van der Waals surface area (Å²) in [5.74, 6) is 4.28. The van der Waals surface area contributed by atoms with Gasteiger partial charge in [0.1, 0.15) is 11.6 Å². The van der Waals surface area contributed by atoms with E-state index in [0.29, 0.717) is 11.1 Å². The largest absolute Gasteiger partial charge is 0.271 e. The second-order valence-corrected chi connectivity index (χ2v) is 4.42. The molecule has 0 aliphatic carbocycles. The van der Waals surface area contributed by atoms with Crippen LogP contribution in [0.3, 0.4) is 0 Å². The highest BCUT2D eigenvalue weighted by molar-refractivity contribution is 5.38. The van der Waals surface area contributed by atoms with E-state index in [1.165, 1.54) is 12.1 Å². The first-order valence-corrected chi connectivity index (χ1v) is 5.87. The van der Waals surface area contributed by atoms with Crippen LogP contribution < -0.4 is 11.3 Å². The zero-order valence-corrected chi connectivity index (χ0v) is 10.7. The zero-order chi connectivity index (χ0) is 14.0. The van der Waals surface area contributed by atoms with Gasteiger partial charge in [0.25, 0.3) is 0 Å². The van der Waals surface area contributed by atoms with Crippen LogP contribution >= 0.6 is 0 Å². The highest BCUT2D eigenvalue weighted by atomic mass is 19.1. The van der Waals surface area contributed by atoms with E-state index in [0.717, 1.165) is 5.56 Å². The van der Waals surface area contributed by atoms with Gasteiger partial charge in [-0.1, -0.05) is 6.07 Å². The number of benzene rings is 1. The third-order valence-electron chi connectivity index (χ3n) is 3.15. The van der Waals surface area contributed by atoms with E-state index < -0.39 is 17.7 Å². The Hall–Kier alpha value is -1.85. The Morgan fingerprint density at radius 2 is 1.89 bits per heavy atom. The lowest BCUT2D eigenvalue weighted by atomic mass is 9.94. The predicted molar refractivity (Wildman–Crippen MR) is 69.2 cm³/mol. The Morgan fingerprint density at radius 3 is 2.53 bits per heavy atom. The molecule has 1 heterocycles. The van der Waals surface area contributed by atoms with Crippen LogP contribution in [-0.4, -0.2) is 4.98 Å². The Morgan fingerprint density at radius 1 is 1.16 bits per heavy atom. The Labute approximate surface area is 110 Å². The summed E-state index contributed by atoms with van der Waals surface area (Å²) < 4.78 is 28.1. The fraction of sp³-hybridized carbons (Fsp3) is 0.214. The monoisotopic (exact) mass is 263 g/mol. The molecule has 2 aromatic rings. The van der Waals surface area contributed by atoms with Gasteiger partial charge < -0.3 is 0 Å². The lowest BCUT2D eigenvalue weighted by molar-refractivity contribution is 0.505. The van der Waals surface area contributed by atoms with E-state index in [1.54, 1.807) is 25.4 Å². The van der Waals surface area contributed by atoms with Gasteiger partial charge in [0.05, 0.1) is 6.04 Å². The van der Waals surface area contributed by atoms with Gasteiger partial charge in [-0.25, -0.2) is 14.2 Å². The molecule has 0 saturated carbocycles. The van der Waals surface area contributed by atoms with E-state index in [1.807, 2.05) is 6.92 Å². The molecule has 1 aromatic heterocycles. The normalized spacial score (nSPS) is 12.5. The fourth-order valence-electron chi connectivity index (χ4n) is 2.08. The first-order chi connectivity index (χ1) is 9.06. The molecule has 0 fully saturated rings. The number of halogens is 2. The van der Waals surface area contributed by atoms with Gasteiger partial charge in [-0.15, -0.1) is 0 Å². The molecule has 5 heteroatoms. The number of pyridine rings is 1. The molecule has 0 spiro atoms. The second-order valence-electron chi connectivity index (χ2n) is 4.42. The van der Waals surface area contributed by atoms with Crippen LogP contribution in [0.15, 0.2) is 30.6 Å². The van der Waals surface area contributed by atoms with Crippen molar-refractivity contribution in [3.05, 3.63) is 64.5 Å². The minimum atomic E-state index is -0.747. The molecule has 0 radical (unpaired) electrons. The maximum Gasteiger partial charge on any atom is 0.134 e. The molecule has 1 aromatic carbocycles. The van der Waals surface area contributed by atoms with Crippen LogP contribution in [0, 0.1) is 25.5 Å². The molecular formula is C14H15F2N3. The van der Waals surface area contributed by atoms with Crippen LogP contribution in [0.2, 0.25) is 0 Å². The zero-order valence-electron chi connectivity index (χ0n) is 10.7. The van der Waals surface area contributed by atoms with Crippen molar-refractivity contribution in [3.8, 4) is 0 Å². The molecule has 0 saturated heterocycles. The van der Waals surface area contributed by atoms with Gasteiger partial charge in [0, 0.05) is 18.0 Å². The molecule has 0 bridgehead atoms. The summed E-state index contributed by atoms with van der Waals surface area (Å²) in [6.45, 7) is 3.41. The number of nitrogens with two attached hydrogens (primary N) is 1. The van der Waals surface area contributed by atoms with Crippen LogP contribution in [0.4, 0.5) is 8.78 Å². The Kier molecular flexibility index (Phi) is 3.87. The van der Waals surface area contributed by atoms with E-state index in [4.69, 9.17) is 5.84 Å². The molecule has 19 heavy (non-hydrogen) atoms. The Balaban J connectivity index is 2.61. The highest BCUT2D eigenvalue weighted by Crippen LogP contribution is 2.29. The predicted octanol–water partition coefficient (Wildman–Crippen LogP) is 2.53. The summed E-state index contributed by atoms with van der Waals surface area (Å²) in [6.07, 6.45) is 3.20. The lowest BCUT2D eigenvalue weighted by Crippen LogP contribution is -2.31. The molecule has 100 valence electrons. The van der Waals surface area contributed by atoms with Crippen LogP contribution in [0.5, 0.6) is 0 Å². The number of hydrazine groups is 1. The SMILES string of the molecule is Cc1cnccc1C(NN)c1c(F)ccc(C)c1F. The van der Waals surface area contributed by atoms with Crippen molar-refractivity contribution in [1.82, 2.24) is 10.4 Å². The van der Waals surface area contributed by atoms with Gasteiger partial charge in [-0.3, -0.25) is 10.8 Å². The van der Waals surface area contributed by atoms with Crippen molar-refractivity contribution >= 4 is 0 Å². The van der Waals surface area contributed by atoms with E-state index in [9.17, 15) is 8.78 Å². The summed E-state index contributed by atoms with van der Waals surface area (Å²) >= 11 is 0. The lowest BCUT2D eigenvalue weighted by Gasteiger charge is -2.20. The van der Waals surface area contributed by atoms with E-state index >= 15 is 0 Å². The van der Waals surface area contributed by atoms with Gasteiger partial charge in [-0.2, -0.15) is 0 Å². The van der Waals surface area contributed by atoms with Crippen LogP contribution in [0.25, 0.3) is 0 Å². The fourth-order valence-corrected chi connectivity index (χ4v) is 2.08. The Bertz CT molecular complexity index is 599. The summed E-state index contributed by atoms with van der Waals surface area (Å²) in [7, 11) is 0. The molecular weight excluding hydrogens is 248 g/mol. The number of nitrogens with one attached hydrogen (secondary N) is 1. The van der Waals surface area contributed by atoms with E-state index in [2.05, 4.69) is 10.4 Å². The van der Waals surface area contributed by atoms with Gasteiger partial charge in [0.2, 0.25) is 0 Å². The van der Waals surface area contributed by atoms with Crippen molar-refractivity contribution in [2.24, 2.45) is 5.84 Å². The minimum Gasteiger partial charge on any atom is -0.271 e. The summed E-state index contributed by atoms with van der Waals surface area (Å²) in [5.41, 5.74) is 4.29. The maximum absolute atomic E-state index is 14.2. The number of hydrogen-bond acceptors (Lipinski definition) is 3. The number of nitrogens with zero attached hydrogens (tertiary/aromatic N) is 1. The third-order valence-corrected chi connectivity index (χ3v) is 3.15. The third kappa shape index (κ3) is 2.47. The molecule has 3 N–H and O–H groups in total. The highest BCUT2D eigenvalue weighted by Gasteiger charge is 2.23. The molecule has 1 atom stereocenters. The number of aromatic nitrogens is 1. The molecule has 0 aliphatic rings. The molecule has 1 unspecified atom stereocenters. The van der Waals surface area contributed by atoms with Crippen molar-refractivity contribution in [3.63, 3.8) is 0 Å². The smallest absolute Gasteiger partial charge is 0.134 e. The molecule has 3 nitrogen and oxygen atoms in total. The second kappa shape index (κ2) is 5.42. The van der Waals surface area contributed by atoms with Crippen molar-refractivity contribution in [1.29, 1.82) is 0 Å². The average Bonchev–Trinajstić information content (AvgIpc) is 2.40. The maximum atomic E-state index is 14.2. The van der Waals surface area contributed by atoms with Gasteiger partial charge in [-0.05, 0) is 42.7 Å².